The molecule has 0 atom stereocenters. The summed E-state index contributed by atoms with van der Waals surface area (Å²) in [6.45, 7) is 0. The molecule has 0 spiro atoms. The highest BCUT2D eigenvalue weighted by Crippen LogP contribution is 2.28. The first-order chi connectivity index (χ1) is 11.5. The molecule has 2 aromatic rings. The van der Waals surface area contributed by atoms with Crippen molar-refractivity contribution in [1.29, 1.82) is 0 Å². The fourth-order valence-corrected chi connectivity index (χ4v) is 3.27. The van der Waals surface area contributed by atoms with Gasteiger partial charge in [0.15, 0.2) is 0 Å². The van der Waals surface area contributed by atoms with Gasteiger partial charge in [-0.15, -0.1) is 13.2 Å². The number of carbonyl (C=O) groups is 1. The molecule has 10 heteroatoms. The van der Waals surface area contributed by atoms with Crippen molar-refractivity contribution in [2.75, 3.05) is 11.4 Å². The molecular weight excluding hydrogens is 361 g/mol. The first kappa shape index (κ1) is 18.6. The van der Waals surface area contributed by atoms with Gasteiger partial charge in [0.25, 0.3) is 15.9 Å². The quantitative estimate of drug-likeness (QED) is 0.871. The number of alkyl halides is 3. The molecule has 0 aliphatic rings. The van der Waals surface area contributed by atoms with Gasteiger partial charge in [0.05, 0.1) is 16.1 Å². The number of amides is 1. The van der Waals surface area contributed by atoms with Crippen LogP contribution in [0.2, 0.25) is 0 Å². The van der Waals surface area contributed by atoms with E-state index >= 15 is 0 Å². The monoisotopic (exact) mass is 374 g/mol. The third kappa shape index (κ3) is 4.21. The second-order valence-electron chi connectivity index (χ2n) is 4.87. The molecule has 6 nitrogen and oxygen atoms in total. The van der Waals surface area contributed by atoms with E-state index in [1.54, 1.807) is 0 Å². The van der Waals surface area contributed by atoms with E-state index < -0.39 is 28.0 Å². The Kier molecular flexibility index (Phi) is 4.93. The zero-order valence-electron chi connectivity index (χ0n) is 12.8. The second-order valence-corrected chi connectivity index (χ2v) is 6.84. The number of hydrogen-bond donors (Lipinski definition) is 1. The summed E-state index contributed by atoms with van der Waals surface area (Å²) in [6.07, 6.45) is -4.88. The molecule has 0 saturated heterocycles. The van der Waals surface area contributed by atoms with Gasteiger partial charge in [-0.3, -0.25) is 9.10 Å². The molecule has 0 bridgehead atoms. The predicted molar refractivity (Wildman–Crippen MR) is 83.7 cm³/mol. The van der Waals surface area contributed by atoms with E-state index in [4.69, 9.17) is 5.73 Å². The molecule has 134 valence electrons. The summed E-state index contributed by atoms with van der Waals surface area (Å²) in [4.78, 5) is 11.2. The first-order valence-corrected chi connectivity index (χ1v) is 8.20. The number of para-hydroxylation sites is 1. The summed E-state index contributed by atoms with van der Waals surface area (Å²) in [5.41, 5.74) is 5.27. The van der Waals surface area contributed by atoms with Crippen LogP contribution in [0.1, 0.15) is 10.4 Å². The van der Waals surface area contributed by atoms with Crippen LogP contribution in [0.5, 0.6) is 5.75 Å². The third-order valence-corrected chi connectivity index (χ3v) is 5.01. The molecule has 0 aliphatic carbocycles. The Morgan fingerprint density at radius 1 is 1.08 bits per heavy atom. The average molecular weight is 374 g/mol. The van der Waals surface area contributed by atoms with Crippen molar-refractivity contribution in [3.05, 3.63) is 54.1 Å². The zero-order valence-corrected chi connectivity index (χ0v) is 13.6. The largest absolute Gasteiger partial charge is 0.573 e. The third-order valence-electron chi connectivity index (χ3n) is 3.22. The van der Waals surface area contributed by atoms with E-state index in [2.05, 4.69) is 4.74 Å². The maximum Gasteiger partial charge on any atom is 0.573 e. The SMILES string of the molecule is CN(c1ccccc1C(N)=O)S(=O)(=O)c1ccc(OC(F)(F)F)cc1. The highest BCUT2D eigenvalue weighted by molar-refractivity contribution is 7.92. The molecule has 0 aliphatic heterocycles. The lowest BCUT2D eigenvalue weighted by atomic mass is 10.2. The summed E-state index contributed by atoms with van der Waals surface area (Å²) in [5.74, 6) is -1.36. The molecule has 2 aromatic carbocycles. The number of nitrogens with zero attached hydrogens (tertiary/aromatic N) is 1. The van der Waals surface area contributed by atoms with Crippen molar-refractivity contribution < 1.29 is 31.1 Å². The Bertz CT molecular complexity index is 880. The van der Waals surface area contributed by atoms with Crippen molar-refractivity contribution in [3.8, 4) is 5.75 Å². The number of ether oxygens (including phenoxy) is 1. The zero-order chi connectivity index (χ0) is 18.8. The Morgan fingerprint density at radius 2 is 1.64 bits per heavy atom. The molecule has 0 saturated carbocycles. The summed E-state index contributed by atoms with van der Waals surface area (Å²) < 4.78 is 66.2. The predicted octanol–water partition coefficient (Wildman–Crippen LogP) is 2.51. The number of hydrogen-bond acceptors (Lipinski definition) is 4. The second kappa shape index (κ2) is 6.63. The standard InChI is InChI=1S/C15H13F3N2O4S/c1-20(13-5-3-2-4-12(13)14(19)21)25(22,23)11-8-6-10(7-9-11)24-15(16,17)18/h2-9H,1H3,(H2,19,21). The van der Waals surface area contributed by atoms with Crippen LogP contribution in [0.15, 0.2) is 53.4 Å². The maximum absolute atomic E-state index is 12.6. The van der Waals surface area contributed by atoms with Gasteiger partial charge in [0.1, 0.15) is 5.75 Å². The van der Waals surface area contributed by atoms with E-state index in [0.717, 1.165) is 28.6 Å². The minimum atomic E-state index is -4.88. The van der Waals surface area contributed by atoms with Gasteiger partial charge in [0.2, 0.25) is 0 Å². The number of nitrogens with two attached hydrogens (primary N) is 1. The smallest absolute Gasteiger partial charge is 0.406 e. The van der Waals surface area contributed by atoms with E-state index in [9.17, 15) is 26.4 Å². The number of carbonyl (C=O) groups excluding carboxylic acids is 1. The van der Waals surface area contributed by atoms with Crippen molar-refractivity contribution in [2.45, 2.75) is 11.3 Å². The molecule has 2 N–H and O–H groups in total. The molecule has 0 aromatic heterocycles. The average Bonchev–Trinajstić information content (AvgIpc) is 2.53. The van der Waals surface area contributed by atoms with Crippen LogP contribution < -0.4 is 14.8 Å². The molecule has 0 radical (unpaired) electrons. The van der Waals surface area contributed by atoms with E-state index in [1.165, 1.54) is 31.3 Å². The fraction of sp³-hybridized carbons (Fsp3) is 0.133. The fourth-order valence-electron chi connectivity index (χ4n) is 2.06. The number of primary amides is 1. The van der Waals surface area contributed by atoms with Gasteiger partial charge < -0.3 is 10.5 Å². The summed E-state index contributed by atoms with van der Waals surface area (Å²) in [7, 11) is -2.91. The lowest BCUT2D eigenvalue weighted by Gasteiger charge is -2.21. The van der Waals surface area contributed by atoms with Gasteiger partial charge in [-0.2, -0.15) is 0 Å². The van der Waals surface area contributed by atoms with Crippen molar-refractivity contribution in [2.24, 2.45) is 5.73 Å². The van der Waals surface area contributed by atoms with Crippen LogP contribution in [0.3, 0.4) is 0 Å². The Labute approximate surface area is 141 Å². The maximum atomic E-state index is 12.6. The molecule has 0 heterocycles. The minimum Gasteiger partial charge on any atom is -0.406 e. The topological polar surface area (TPSA) is 89.7 Å². The Morgan fingerprint density at radius 3 is 2.16 bits per heavy atom. The van der Waals surface area contributed by atoms with Crippen molar-refractivity contribution in [1.82, 2.24) is 0 Å². The van der Waals surface area contributed by atoms with Crippen LogP contribution in [0.4, 0.5) is 18.9 Å². The number of halogens is 3. The highest BCUT2D eigenvalue weighted by Gasteiger charge is 2.31. The van der Waals surface area contributed by atoms with Crippen molar-refractivity contribution >= 4 is 21.6 Å². The molecule has 1 amide bonds. The molecule has 0 fully saturated rings. The molecule has 0 unspecified atom stereocenters. The number of benzene rings is 2. The lowest BCUT2D eigenvalue weighted by molar-refractivity contribution is -0.274. The Balaban J connectivity index is 2.37. The van der Waals surface area contributed by atoms with Crippen LogP contribution in [0.25, 0.3) is 0 Å². The minimum absolute atomic E-state index is 0.00870. The van der Waals surface area contributed by atoms with Gasteiger partial charge in [0, 0.05) is 7.05 Å². The van der Waals surface area contributed by atoms with Gasteiger partial charge in [-0.05, 0) is 36.4 Å². The van der Waals surface area contributed by atoms with Crippen molar-refractivity contribution in [3.63, 3.8) is 0 Å². The van der Waals surface area contributed by atoms with E-state index in [0.29, 0.717) is 0 Å². The van der Waals surface area contributed by atoms with E-state index in [1.807, 2.05) is 0 Å². The van der Waals surface area contributed by atoms with Crippen LogP contribution in [0, 0.1) is 0 Å². The first-order valence-electron chi connectivity index (χ1n) is 6.76. The number of rotatable bonds is 5. The normalized spacial score (nSPS) is 11.8. The van der Waals surface area contributed by atoms with E-state index in [-0.39, 0.29) is 16.1 Å². The van der Waals surface area contributed by atoms with Crippen LogP contribution in [-0.2, 0) is 10.0 Å². The number of sulfonamides is 1. The molecule has 2 rings (SSSR count). The highest BCUT2D eigenvalue weighted by atomic mass is 32.2. The summed E-state index contributed by atoms with van der Waals surface area (Å²) in [5, 5.41) is 0. The van der Waals surface area contributed by atoms with Gasteiger partial charge in [-0.25, -0.2) is 8.42 Å². The summed E-state index contributed by atoms with van der Waals surface area (Å²) in [6, 6.07) is 9.51. The lowest BCUT2D eigenvalue weighted by Crippen LogP contribution is -2.29. The summed E-state index contributed by atoms with van der Waals surface area (Å²) >= 11 is 0. The molecular formula is C15H13F3N2O4S. The Hall–Kier alpha value is -2.75. The van der Waals surface area contributed by atoms with Gasteiger partial charge >= 0.3 is 6.36 Å². The van der Waals surface area contributed by atoms with Crippen LogP contribution in [-0.4, -0.2) is 27.7 Å². The molecule has 25 heavy (non-hydrogen) atoms. The van der Waals surface area contributed by atoms with Gasteiger partial charge in [-0.1, -0.05) is 12.1 Å². The number of anilines is 1. The van der Waals surface area contributed by atoms with Crippen LogP contribution >= 0.6 is 0 Å².